The molecule has 2 aliphatic rings. The molecule has 3 nitrogen and oxygen atoms in total. The molecule has 64 valence electrons. The van der Waals surface area contributed by atoms with Gasteiger partial charge in [-0.25, -0.2) is 0 Å². The van der Waals surface area contributed by atoms with E-state index in [2.05, 4.69) is 16.4 Å². The molecule has 0 atom stereocenters. The van der Waals surface area contributed by atoms with Crippen molar-refractivity contribution in [3.05, 3.63) is 35.7 Å². The van der Waals surface area contributed by atoms with Crippen LogP contribution < -0.4 is 10.1 Å². The number of hydrogen-bond donors (Lipinski definition) is 1. The first-order valence-corrected chi connectivity index (χ1v) is 4.19. The summed E-state index contributed by atoms with van der Waals surface area (Å²) in [5.41, 5.74) is 3.36. The Labute approximate surface area is 75.7 Å². The van der Waals surface area contributed by atoms with Crippen LogP contribution in [0.5, 0.6) is 5.75 Å². The van der Waals surface area contributed by atoms with Crippen molar-refractivity contribution in [1.82, 2.24) is 0 Å². The summed E-state index contributed by atoms with van der Waals surface area (Å²) < 4.78 is 5.44. The average molecular weight is 172 g/mol. The van der Waals surface area contributed by atoms with E-state index in [-0.39, 0.29) is 0 Å². The van der Waals surface area contributed by atoms with Gasteiger partial charge in [-0.05, 0) is 6.07 Å². The molecule has 1 N–H and O–H groups in total. The first-order chi connectivity index (χ1) is 6.45. The second-order valence-corrected chi connectivity index (χ2v) is 3.04. The molecular formula is C10H8N2O. The third kappa shape index (κ3) is 0.869. The Kier molecular flexibility index (Phi) is 1.22. The lowest BCUT2D eigenvalue weighted by molar-refractivity contribution is 0.471. The zero-order valence-electron chi connectivity index (χ0n) is 6.95. The summed E-state index contributed by atoms with van der Waals surface area (Å²) in [7, 11) is 0. The van der Waals surface area contributed by atoms with Gasteiger partial charge in [0.05, 0.1) is 12.2 Å². The van der Waals surface area contributed by atoms with E-state index in [1.54, 1.807) is 12.5 Å². The predicted octanol–water partition coefficient (Wildman–Crippen LogP) is 1.89. The maximum absolute atomic E-state index is 5.44. The first-order valence-electron chi connectivity index (χ1n) is 4.19. The van der Waals surface area contributed by atoms with Gasteiger partial charge in [-0.15, -0.1) is 0 Å². The number of nitrogens with one attached hydrogen (secondary N) is 1. The molecule has 0 amide bonds. The van der Waals surface area contributed by atoms with Gasteiger partial charge < -0.3 is 10.1 Å². The van der Waals surface area contributed by atoms with Gasteiger partial charge in [-0.1, -0.05) is 6.07 Å². The van der Waals surface area contributed by atoms with Crippen LogP contribution in [0.25, 0.3) is 0 Å². The van der Waals surface area contributed by atoms with E-state index < -0.39 is 0 Å². The van der Waals surface area contributed by atoms with E-state index in [1.165, 1.54) is 5.56 Å². The van der Waals surface area contributed by atoms with E-state index in [1.807, 2.05) is 12.3 Å². The molecule has 13 heavy (non-hydrogen) atoms. The number of ether oxygens (including phenoxy) is 1. The predicted molar refractivity (Wildman–Crippen MR) is 51.1 cm³/mol. The molecule has 0 saturated heterocycles. The number of aliphatic imine (C=N–C) groups is 1. The zero-order chi connectivity index (χ0) is 8.67. The largest absolute Gasteiger partial charge is 0.461 e. The van der Waals surface area contributed by atoms with Crippen LogP contribution >= 0.6 is 0 Å². The Bertz CT molecular complexity index is 421. The smallest absolute Gasteiger partial charge is 0.155 e. The van der Waals surface area contributed by atoms with E-state index in [9.17, 15) is 0 Å². The normalized spacial score (nSPS) is 16.0. The lowest BCUT2D eigenvalue weighted by Gasteiger charge is -2.15. The van der Waals surface area contributed by atoms with E-state index in [0.717, 1.165) is 23.5 Å². The standard InChI is InChI=1S/C10H8N2O/c1-2-9-10(13-4-3-12-9)8-6-11-5-7(1)8/h1-5,12H,6H2. The van der Waals surface area contributed by atoms with Crippen molar-refractivity contribution >= 4 is 11.9 Å². The highest BCUT2D eigenvalue weighted by atomic mass is 16.5. The minimum atomic E-state index is 0.730. The van der Waals surface area contributed by atoms with E-state index in [4.69, 9.17) is 4.74 Å². The topological polar surface area (TPSA) is 33.6 Å². The van der Waals surface area contributed by atoms with Crippen LogP contribution in [0, 0.1) is 0 Å². The highest BCUT2D eigenvalue weighted by molar-refractivity contribution is 5.88. The average Bonchev–Trinajstić information content (AvgIpc) is 2.65. The van der Waals surface area contributed by atoms with Crippen molar-refractivity contribution in [2.45, 2.75) is 6.54 Å². The summed E-state index contributed by atoms with van der Waals surface area (Å²) in [6, 6.07) is 4.06. The summed E-state index contributed by atoms with van der Waals surface area (Å²) in [5, 5.41) is 3.13. The van der Waals surface area contributed by atoms with Crippen LogP contribution in [-0.4, -0.2) is 6.21 Å². The van der Waals surface area contributed by atoms with Gasteiger partial charge in [0.25, 0.3) is 0 Å². The maximum Gasteiger partial charge on any atom is 0.155 e. The molecule has 1 aromatic rings. The van der Waals surface area contributed by atoms with Crippen molar-refractivity contribution in [2.24, 2.45) is 4.99 Å². The molecule has 3 heteroatoms. The lowest BCUT2D eigenvalue weighted by Crippen LogP contribution is -2.02. The second kappa shape index (κ2) is 2.36. The number of fused-ring (bicyclic) bond motifs is 3. The molecule has 0 unspecified atom stereocenters. The van der Waals surface area contributed by atoms with Crippen LogP contribution in [0.3, 0.4) is 0 Å². The van der Waals surface area contributed by atoms with E-state index >= 15 is 0 Å². The quantitative estimate of drug-likeness (QED) is 0.648. The third-order valence-electron chi connectivity index (χ3n) is 2.27. The highest BCUT2D eigenvalue weighted by Crippen LogP contribution is 2.35. The summed E-state index contributed by atoms with van der Waals surface area (Å²) >= 11 is 0. The molecule has 0 aromatic heterocycles. The highest BCUT2D eigenvalue weighted by Gasteiger charge is 2.17. The van der Waals surface area contributed by atoms with Crippen molar-refractivity contribution in [2.75, 3.05) is 5.32 Å². The Morgan fingerprint density at radius 3 is 3.38 bits per heavy atom. The van der Waals surface area contributed by atoms with Gasteiger partial charge in [0.1, 0.15) is 6.26 Å². The Balaban J connectivity index is 2.22. The summed E-state index contributed by atoms with van der Waals surface area (Å²) in [4.78, 5) is 4.20. The van der Waals surface area contributed by atoms with Crippen LogP contribution in [-0.2, 0) is 6.54 Å². The monoisotopic (exact) mass is 172 g/mol. The molecule has 3 rings (SSSR count). The molecular weight excluding hydrogens is 164 g/mol. The molecule has 0 spiro atoms. The molecule has 1 aromatic carbocycles. The van der Waals surface area contributed by atoms with E-state index in [0.29, 0.717) is 0 Å². The number of rotatable bonds is 0. The third-order valence-corrected chi connectivity index (χ3v) is 2.27. The zero-order valence-corrected chi connectivity index (χ0v) is 6.95. The van der Waals surface area contributed by atoms with Gasteiger partial charge in [0, 0.05) is 23.5 Å². The Hall–Kier alpha value is -1.77. The fourth-order valence-corrected chi connectivity index (χ4v) is 1.64. The SMILES string of the molecule is C1=COc2c(ccc3c2CN=C3)N1. The molecule has 0 bridgehead atoms. The minimum absolute atomic E-state index is 0.730. The molecule has 2 aliphatic heterocycles. The van der Waals surface area contributed by atoms with Crippen LogP contribution in [0.4, 0.5) is 5.69 Å². The summed E-state index contributed by atoms with van der Waals surface area (Å²) in [5.74, 6) is 0.914. The first kappa shape index (κ1) is 6.71. The summed E-state index contributed by atoms with van der Waals surface area (Å²) in [6.45, 7) is 0.730. The van der Waals surface area contributed by atoms with Gasteiger partial charge >= 0.3 is 0 Å². The number of benzene rings is 1. The molecule has 0 aliphatic carbocycles. The van der Waals surface area contributed by atoms with Crippen molar-refractivity contribution in [3.8, 4) is 5.75 Å². The van der Waals surface area contributed by atoms with Gasteiger partial charge in [-0.2, -0.15) is 0 Å². The fourth-order valence-electron chi connectivity index (χ4n) is 1.64. The maximum atomic E-state index is 5.44. The van der Waals surface area contributed by atoms with Crippen molar-refractivity contribution < 1.29 is 4.74 Å². The second-order valence-electron chi connectivity index (χ2n) is 3.04. The Morgan fingerprint density at radius 1 is 1.38 bits per heavy atom. The molecule has 0 saturated carbocycles. The van der Waals surface area contributed by atoms with Gasteiger partial charge in [-0.3, -0.25) is 4.99 Å². The minimum Gasteiger partial charge on any atom is -0.461 e. The van der Waals surface area contributed by atoms with Crippen LogP contribution in [0.1, 0.15) is 11.1 Å². The van der Waals surface area contributed by atoms with Gasteiger partial charge in [0.2, 0.25) is 0 Å². The van der Waals surface area contributed by atoms with Gasteiger partial charge in [0.15, 0.2) is 5.75 Å². The molecule has 2 heterocycles. The number of nitrogens with zero attached hydrogens (tertiary/aromatic N) is 1. The number of hydrogen-bond acceptors (Lipinski definition) is 3. The molecule has 0 radical (unpaired) electrons. The Morgan fingerprint density at radius 2 is 2.38 bits per heavy atom. The number of anilines is 1. The van der Waals surface area contributed by atoms with Crippen molar-refractivity contribution in [3.63, 3.8) is 0 Å². The van der Waals surface area contributed by atoms with Crippen LogP contribution in [0.15, 0.2) is 29.6 Å². The summed E-state index contributed by atoms with van der Waals surface area (Å²) in [6.07, 6.45) is 5.32. The lowest BCUT2D eigenvalue weighted by atomic mass is 10.1. The van der Waals surface area contributed by atoms with Crippen molar-refractivity contribution in [1.29, 1.82) is 0 Å². The fraction of sp³-hybridized carbons (Fsp3) is 0.100. The van der Waals surface area contributed by atoms with Crippen LogP contribution in [0.2, 0.25) is 0 Å². The molecule has 0 fully saturated rings.